The summed E-state index contributed by atoms with van der Waals surface area (Å²) in [5.41, 5.74) is 2.01. The number of nitrogens with zero attached hydrogens (tertiary/aromatic N) is 1. The number of nitrogen functional groups attached to an aromatic ring is 1. The zero-order chi connectivity index (χ0) is 13.3. The summed E-state index contributed by atoms with van der Waals surface area (Å²) in [5, 5.41) is 0. The first-order valence-electron chi connectivity index (χ1n) is 5.31. The molecule has 0 saturated carbocycles. The normalized spacial score (nSPS) is 18.7. The molecule has 0 radical (unpaired) electrons. The first kappa shape index (κ1) is 12.3. The third-order valence-corrected chi connectivity index (χ3v) is 2.69. The number of amides is 2. The van der Waals surface area contributed by atoms with Gasteiger partial charge >= 0.3 is 6.09 Å². The maximum atomic E-state index is 13.7. The third-order valence-electron chi connectivity index (χ3n) is 2.69. The van der Waals surface area contributed by atoms with Crippen LogP contribution in [0.4, 0.5) is 14.9 Å². The van der Waals surface area contributed by atoms with Gasteiger partial charge in [0.2, 0.25) is 0 Å². The van der Waals surface area contributed by atoms with E-state index in [9.17, 15) is 14.0 Å². The minimum Gasteiger partial charge on any atom is -0.447 e. The molecule has 7 heteroatoms. The van der Waals surface area contributed by atoms with E-state index in [-0.39, 0.29) is 18.2 Å². The number of nitrogens with one attached hydrogen (secondary N) is 1. The fourth-order valence-electron chi connectivity index (χ4n) is 1.79. The van der Waals surface area contributed by atoms with Gasteiger partial charge in [0, 0.05) is 0 Å². The SMILES string of the molecule is CC1COC(=O)N1c1ccc(C(=O)NN)c(F)c1. The Hall–Kier alpha value is -2.15. The van der Waals surface area contributed by atoms with Crippen LogP contribution in [-0.4, -0.2) is 24.6 Å². The summed E-state index contributed by atoms with van der Waals surface area (Å²) in [6.07, 6.45) is -0.530. The molecule has 2 amide bonds. The van der Waals surface area contributed by atoms with Crippen molar-refractivity contribution in [3.63, 3.8) is 0 Å². The largest absolute Gasteiger partial charge is 0.447 e. The molecule has 0 aliphatic carbocycles. The highest BCUT2D eigenvalue weighted by Gasteiger charge is 2.31. The average molecular weight is 253 g/mol. The molecule has 1 atom stereocenters. The Morgan fingerprint density at radius 2 is 2.33 bits per heavy atom. The number of carbonyl (C=O) groups is 2. The van der Waals surface area contributed by atoms with Crippen molar-refractivity contribution >= 4 is 17.7 Å². The maximum absolute atomic E-state index is 13.7. The lowest BCUT2D eigenvalue weighted by Gasteiger charge is -2.18. The number of rotatable bonds is 2. The molecule has 1 unspecified atom stereocenters. The van der Waals surface area contributed by atoms with Crippen LogP contribution in [0.1, 0.15) is 17.3 Å². The van der Waals surface area contributed by atoms with Gasteiger partial charge in [-0.15, -0.1) is 0 Å². The number of halogens is 1. The maximum Gasteiger partial charge on any atom is 0.414 e. The minimum atomic E-state index is -0.748. The summed E-state index contributed by atoms with van der Waals surface area (Å²) in [6.45, 7) is 2.04. The van der Waals surface area contributed by atoms with Crippen LogP contribution in [0.25, 0.3) is 0 Å². The topological polar surface area (TPSA) is 84.7 Å². The molecular weight excluding hydrogens is 241 g/mol. The van der Waals surface area contributed by atoms with Crippen molar-refractivity contribution in [3.8, 4) is 0 Å². The van der Waals surface area contributed by atoms with Gasteiger partial charge in [0.1, 0.15) is 12.4 Å². The second-order valence-electron chi connectivity index (χ2n) is 3.93. The zero-order valence-electron chi connectivity index (χ0n) is 9.64. The molecule has 0 bridgehead atoms. The van der Waals surface area contributed by atoms with Gasteiger partial charge in [-0.2, -0.15) is 0 Å². The Labute approximate surface area is 102 Å². The van der Waals surface area contributed by atoms with Gasteiger partial charge in [-0.3, -0.25) is 15.1 Å². The lowest BCUT2D eigenvalue weighted by atomic mass is 10.1. The van der Waals surface area contributed by atoms with Gasteiger partial charge in [0.25, 0.3) is 5.91 Å². The fourth-order valence-corrected chi connectivity index (χ4v) is 1.79. The van der Waals surface area contributed by atoms with E-state index in [0.29, 0.717) is 5.69 Å². The Balaban J connectivity index is 2.34. The zero-order valence-corrected chi connectivity index (χ0v) is 9.64. The smallest absolute Gasteiger partial charge is 0.414 e. The summed E-state index contributed by atoms with van der Waals surface area (Å²) in [4.78, 5) is 24.0. The number of anilines is 1. The predicted octanol–water partition coefficient (Wildman–Crippen LogP) is 0.774. The Morgan fingerprint density at radius 3 is 2.83 bits per heavy atom. The van der Waals surface area contributed by atoms with Crippen LogP contribution in [0.15, 0.2) is 18.2 Å². The van der Waals surface area contributed by atoms with Gasteiger partial charge < -0.3 is 4.74 Å². The molecule has 1 aliphatic heterocycles. The molecule has 1 aromatic carbocycles. The lowest BCUT2D eigenvalue weighted by Crippen LogP contribution is -2.32. The van der Waals surface area contributed by atoms with Crippen LogP contribution >= 0.6 is 0 Å². The summed E-state index contributed by atoms with van der Waals surface area (Å²) in [5.74, 6) is 3.45. The van der Waals surface area contributed by atoms with Crippen molar-refractivity contribution in [3.05, 3.63) is 29.6 Å². The molecule has 1 heterocycles. The van der Waals surface area contributed by atoms with Crippen LogP contribution in [0.3, 0.4) is 0 Å². The van der Waals surface area contributed by atoms with E-state index in [1.165, 1.54) is 17.0 Å². The summed E-state index contributed by atoms with van der Waals surface area (Å²) in [6, 6.07) is 3.67. The summed E-state index contributed by atoms with van der Waals surface area (Å²) >= 11 is 0. The summed E-state index contributed by atoms with van der Waals surface area (Å²) < 4.78 is 18.5. The quantitative estimate of drug-likeness (QED) is 0.463. The second-order valence-corrected chi connectivity index (χ2v) is 3.93. The first-order valence-corrected chi connectivity index (χ1v) is 5.31. The van der Waals surface area contributed by atoms with Crippen molar-refractivity contribution in [1.29, 1.82) is 0 Å². The van der Waals surface area contributed by atoms with E-state index in [4.69, 9.17) is 10.6 Å². The molecule has 1 fully saturated rings. The van der Waals surface area contributed by atoms with E-state index < -0.39 is 17.8 Å². The van der Waals surface area contributed by atoms with Gasteiger partial charge in [-0.05, 0) is 25.1 Å². The number of hydrogen-bond acceptors (Lipinski definition) is 4. The molecule has 0 spiro atoms. The number of hydrazine groups is 1. The van der Waals surface area contributed by atoms with Gasteiger partial charge in [-0.1, -0.05) is 0 Å². The lowest BCUT2D eigenvalue weighted by molar-refractivity contribution is 0.0949. The molecule has 6 nitrogen and oxygen atoms in total. The third kappa shape index (κ3) is 2.00. The highest BCUT2D eigenvalue weighted by atomic mass is 19.1. The van der Waals surface area contributed by atoms with E-state index >= 15 is 0 Å². The van der Waals surface area contributed by atoms with Gasteiger partial charge in [0.05, 0.1) is 17.3 Å². The molecule has 0 aromatic heterocycles. The second kappa shape index (κ2) is 4.61. The number of ether oxygens (including phenoxy) is 1. The number of nitrogens with two attached hydrogens (primary N) is 1. The van der Waals surface area contributed by atoms with Crippen LogP contribution < -0.4 is 16.2 Å². The van der Waals surface area contributed by atoms with Crippen molar-refractivity contribution in [2.24, 2.45) is 5.84 Å². The Bertz CT molecular complexity index is 506. The monoisotopic (exact) mass is 253 g/mol. The Kier molecular flexibility index (Phi) is 3.15. The Morgan fingerprint density at radius 1 is 1.61 bits per heavy atom. The van der Waals surface area contributed by atoms with Crippen molar-refractivity contribution in [1.82, 2.24) is 5.43 Å². The highest BCUT2D eigenvalue weighted by Crippen LogP contribution is 2.24. The van der Waals surface area contributed by atoms with E-state index in [1.807, 2.05) is 5.43 Å². The van der Waals surface area contributed by atoms with Crippen molar-refractivity contribution in [2.75, 3.05) is 11.5 Å². The molecule has 3 N–H and O–H groups in total. The van der Waals surface area contributed by atoms with Gasteiger partial charge in [0.15, 0.2) is 0 Å². The molecule has 1 saturated heterocycles. The minimum absolute atomic E-state index is 0.175. The van der Waals surface area contributed by atoms with Crippen LogP contribution in [-0.2, 0) is 4.74 Å². The average Bonchev–Trinajstić information content (AvgIpc) is 2.68. The standard InChI is InChI=1S/C11H12FN3O3/c1-6-5-18-11(17)15(6)7-2-3-8(9(12)4-7)10(16)14-13/h2-4,6H,5,13H2,1H3,(H,14,16). The molecule has 96 valence electrons. The fraction of sp³-hybridized carbons (Fsp3) is 0.273. The predicted molar refractivity (Wildman–Crippen MR) is 61.3 cm³/mol. The van der Waals surface area contributed by atoms with Crippen molar-refractivity contribution < 1.29 is 18.7 Å². The van der Waals surface area contributed by atoms with E-state index in [1.54, 1.807) is 6.92 Å². The van der Waals surface area contributed by atoms with Crippen LogP contribution in [0, 0.1) is 5.82 Å². The van der Waals surface area contributed by atoms with Crippen LogP contribution in [0.2, 0.25) is 0 Å². The van der Waals surface area contributed by atoms with E-state index in [0.717, 1.165) is 6.07 Å². The molecular formula is C11H12FN3O3. The molecule has 1 aliphatic rings. The number of benzene rings is 1. The molecule has 2 rings (SSSR count). The molecule has 1 aromatic rings. The van der Waals surface area contributed by atoms with Crippen molar-refractivity contribution in [2.45, 2.75) is 13.0 Å². The first-order chi connectivity index (χ1) is 8.54. The number of hydrogen-bond donors (Lipinski definition) is 2. The summed E-state index contributed by atoms with van der Waals surface area (Å²) in [7, 11) is 0. The molecule has 18 heavy (non-hydrogen) atoms. The number of carbonyl (C=O) groups excluding carboxylic acids is 2. The van der Waals surface area contributed by atoms with Gasteiger partial charge in [-0.25, -0.2) is 15.0 Å². The van der Waals surface area contributed by atoms with E-state index in [2.05, 4.69) is 0 Å². The van der Waals surface area contributed by atoms with Crippen LogP contribution in [0.5, 0.6) is 0 Å². The number of cyclic esters (lactones) is 1. The highest BCUT2D eigenvalue weighted by molar-refractivity contribution is 5.95.